The van der Waals surface area contributed by atoms with Gasteiger partial charge in [-0.2, -0.15) is 0 Å². The molecule has 1 atom stereocenters. The smallest absolute Gasteiger partial charge is 0.175 e. The summed E-state index contributed by atoms with van der Waals surface area (Å²) >= 11 is 3.44. The molecule has 21 heavy (non-hydrogen) atoms. The number of methoxy groups -OCH3 is 1. The van der Waals surface area contributed by atoms with Crippen LogP contribution in [0.1, 0.15) is 16.0 Å². The average Bonchev–Trinajstić information content (AvgIpc) is 2.45. The number of ether oxygens (including phenoxy) is 1. The normalized spacial score (nSPS) is 13.0. The van der Waals surface area contributed by atoms with Crippen LogP contribution < -0.4 is 4.74 Å². The summed E-state index contributed by atoms with van der Waals surface area (Å²) in [5, 5.41) is 0. The zero-order chi connectivity index (χ0) is 15.6. The maximum atomic E-state index is 14.0. The summed E-state index contributed by atoms with van der Waals surface area (Å²) in [6, 6.07) is 11.0. The van der Waals surface area contributed by atoms with Gasteiger partial charge < -0.3 is 4.74 Å². The number of hydrogen-bond acceptors (Lipinski definition) is 3. The van der Waals surface area contributed by atoms with E-state index in [0.717, 1.165) is 11.8 Å². The highest BCUT2D eigenvalue weighted by Gasteiger charge is 2.16. The van der Waals surface area contributed by atoms with Gasteiger partial charge in [-0.15, -0.1) is 0 Å². The molecule has 3 nitrogen and oxygen atoms in total. The van der Waals surface area contributed by atoms with Gasteiger partial charge in [-0.1, -0.05) is 34.1 Å². The summed E-state index contributed by atoms with van der Waals surface area (Å²) in [4.78, 5) is -0.127. The van der Waals surface area contributed by atoms with Crippen LogP contribution in [0.5, 0.6) is 5.75 Å². The van der Waals surface area contributed by atoms with Crippen molar-refractivity contribution in [2.75, 3.05) is 13.4 Å². The van der Waals surface area contributed by atoms with Crippen LogP contribution >= 0.6 is 15.9 Å². The van der Waals surface area contributed by atoms with Crippen LogP contribution in [0, 0.1) is 5.82 Å². The molecule has 0 heterocycles. The van der Waals surface area contributed by atoms with E-state index in [-0.39, 0.29) is 15.5 Å². The molecule has 6 heteroatoms. The van der Waals surface area contributed by atoms with E-state index in [0.29, 0.717) is 11.3 Å². The first-order chi connectivity index (χ1) is 9.82. The van der Waals surface area contributed by atoms with Crippen LogP contribution in [0.2, 0.25) is 0 Å². The van der Waals surface area contributed by atoms with E-state index in [1.807, 2.05) is 0 Å². The topological polar surface area (TPSA) is 43.4 Å². The van der Waals surface area contributed by atoms with Gasteiger partial charge in [0.2, 0.25) is 0 Å². The second-order valence-electron chi connectivity index (χ2n) is 4.59. The molecular weight excluding hydrogens is 359 g/mol. The van der Waals surface area contributed by atoms with Crippen molar-refractivity contribution in [3.63, 3.8) is 0 Å². The molecule has 0 N–H and O–H groups in total. The Morgan fingerprint density at radius 3 is 2.24 bits per heavy atom. The maximum absolute atomic E-state index is 14.0. The molecule has 0 saturated carbocycles. The molecule has 0 bridgehead atoms. The van der Waals surface area contributed by atoms with Crippen molar-refractivity contribution in [1.29, 1.82) is 0 Å². The van der Waals surface area contributed by atoms with Crippen molar-refractivity contribution >= 4 is 25.8 Å². The van der Waals surface area contributed by atoms with E-state index in [1.54, 1.807) is 24.3 Å². The third kappa shape index (κ3) is 3.63. The fourth-order valence-corrected chi connectivity index (χ4v) is 3.21. The Labute approximate surface area is 131 Å². The van der Waals surface area contributed by atoms with Crippen LogP contribution in [0.4, 0.5) is 4.39 Å². The Balaban J connectivity index is 2.34. The summed E-state index contributed by atoms with van der Waals surface area (Å²) in [6.45, 7) is 0. The molecule has 0 radical (unpaired) electrons. The Bertz CT molecular complexity index is 742. The number of benzene rings is 2. The summed E-state index contributed by atoms with van der Waals surface area (Å²) < 4.78 is 41.8. The van der Waals surface area contributed by atoms with E-state index in [2.05, 4.69) is 15.9 Å². The SMILES string of the molecule is COc1ccc(C(Br)c2ccc(S(C)(=O)=O)cc2)c(F)c1. The van der Waals surface area contributed by atoms with Gasteiger partial charge in [-0.3, -0.25) is 0 Å². The molecule has 0 aliphatic carbocycles. The van der Waals surface area contributed by atoms with E-state index in [9.17, 15) is 12.8 Å². The van der Waals surface area contributed by atoms with Gasteiger partial charge in [-0.05, 0) is 23.8 Å². The number of alkyl halides is 1. The Kier molecular flexibility index (Phi) is 4.68. The number of halogens is 2. The molecule has 0 amide bonds. The lowest BCUT2D eigenvalue weighted by atomic mass is 10.0. The predicted octanol–water partition coefficient (Wildman–Crippen LogP) is 3.72. The molecule has 0 saturated heterocycles. The summed E-state index contributed by atoms with van der Waals surface area (Å²) in [7, 11) is -1.76. The quantitative estimate of drug-likeness (QED) is 0.768. The van der Waals surface area contributed by atoms with Crippen LogP contribution in [-0.4, -0.2) is 21.8 Å². The number of hydrogen-bond donors (Lipinski definition) is 0. The highest BCUT2D eigenvalue weighted by atomic mass is 79.9. The maximum Gasteiger partial charge on any atom is 0.175 e. The minimum absolute atomic E-state index is 0.237. The first-order valence-electron chi connectivity index (χ1n) is 6.10. The zero-order valence-corrected chi connectivity index (χ0v) is 13.9. The molecule has 0 aromatic heterocycles. The Morgan fingerprint density at radius 1 is 1.14 bits per heavy atom. The lowest BCUT2D eigenvalue weighted by Gasteiger charge is -2.13. The summed E-state index contributed by atoms with van der Waals surface area (Å²) in [5.41, 5.74) is 1.23. The second-order valence-corrected chi connectivity index (χ2v) is 7.52. The molecule has 112 valence electrons. The molecular formula is C15H14BrFO3S. The Morgan fingerprint density at radius 2 is 1.76 bits per heavy atom. The van der Waals surface area contributed by atoms with E-state index in [1.165, 1.54) is 25.3 Å². The van der Waals surface area contributed by atoms with E-state index >= 15 is 0 Å². The molecule has 0 aliphatic heterocycles. The monoisotopic (exact) mass is 372 g/mol. The van der Waals surface area contributed by atoms with Gasteiger partial charge in [0.15, 0.2) is 9.84 Å². The zero-order valence-electron chi connectivity index (χ0n) is 11.5. The van der Waals surface area contributed by atoms with Crippen LogP contribution in [0.25, 0.3) is 0 Å². The minimum atomic E-state index is -3.23. The van der Waals surface area contributed by atoms with Gasteiger partial charge in [0.25, 0.3) is 0 Å². The summed E-state index contributed by atoms with van der Waals surface area (Å²) in [6.07, 6.45) is 1.15. The Hall–Kier alpha value is -1.40. The van der Waals surface area contributed by atoms with Gasteiger partial charge in [0.1, 0.15) is 11.6 Å². The van der Waals surface area contributed by atoms with Crippen molar-refractivity contribution < 1.29 is 17.5 Å². The largest absolute Gasteiger partial charge is 0.497 e. The highest BCUT2D eigenvalue weighted by molar-refractivity contribution is 9.09. The van der Waals surface area contributed by atoms with Crippen molar-refractivity contribution in [3.05, 3.63) is 59.4 Å². The van der Waals surface area contributed by atoms with Crippen molar-refractivity contribution in [2.45, 2.75) is 9.72 Å². The van der Waals surface area contributed by atoms with Crippen molar-refractivity contribution in [2.24, 2.45) is 0 Å². The fraction of sp³-hybridized carbons (Fsp3) is 0.200. The predicted molar refractivity (Wildman–Crippen MR) is 83.3 cm³/mol. The average molecular weight is 373 g/mol. The third-order valence-electron chi connectivity index (χ3n) is 3.08. The van der Waals surface area contributed by atoms with E-state index < -0.39 is 9.84 Å². The van der Waals surface area contributed by atoms with Crippen LogP contribution in [0.3, 0.4) is 0 Å². The molecule has 2 aromatic rings. The van der Waals surface area contributed by atoms with Gasteiger partial charge in [-0.25, -0.2) is 12.8 Å². The lowest BCUT2D eigenvalue weighted by Crippen LogP contribution is -2.00. The fourth-order valence-electron chi connectivity index (χ4n) is 1.90. The highest BCUT2D eigenvalue weighted by Crippen LogP contribution is 2.34. The third-order valence-corrected chi connectivity index (χ3v) is 5.23. The van der Waals surface area contributed by atoms with Crippen molar-refractivity contribution in [3.8, 4) is 5.75 Å². The lowest BCUT2D eigenvalue weighted by molar-refractivity contribution is 0.411. The van der Waals surface area contributed by atoms with E-state index in [4.69, 9.17) is 4.74 Å². The number of rotatable bonds is 4. The number of sulfone groups is 1. The second kappa shape index (κ2) is 6.15. The van der Waals surface area contributed by atoms with Gasteiger partial charge in [0, 0.05) is 17.9 Å². The minimum Gasteiger partial charge on any atom is -0.497 e. The molecule has 0 aliphatic rings. The molecule has 0 fully saturated rings. The van der Waals surface area contributed by atoms with Gasteiger partial charge in [0.05, 0.1) is 16.8 Å². The van der Waals surface area contributed by atoms with Crippen LogP contribution in [-0.2, 0) is 9.84 Å². The standard InChI is InChI=1S/C15H14BrFO3S/c1-20-11-5-8-13(14(17)9-11)15(16)10-3-6-12(7-4-10)21(2,18)19/h3-9,15H,1-2H3. The first kappa shape index (κ1) is 16.0. The molecule has 2 aromatic carbocycles. The van der Waals surface area contributed by atoms with Gasteiger partial charge >= 0.3 is 0 Å². The first-order valence-corrected chi connectivity index (χ1v) is 8.91. The molecule has 2 rings (SSSR count). The van der Waals surface area contributed by atoms with Crippen LogP contribution in [0.15, 0.2) is 47.4 Å². The molecule has 0 spiro atoms. The molecule has 1 unspecified atom stereocenters. The van der Waals surface area contributed by atoms with Crippen molar-refractivity contribution in [1.82, 2.24) is 0 Å². The summed E-state index contributed by atoms with van der Waals surface area (Å²) in [5.74, 6) is 0.0618.